The molecule has 0 bridgehead atoms. The fourth-order valence-electron chi connectivity index (χ4n) is 4.60. The molecule has 0 saturated heterocycles. The maximum Gasteiger partial charge on any atom is -0.0253 e. The summed E-state index contributed by atoms with van der Waals surface area (Å²) in [5, 5.41) is 0. The molecular formula is C37H36Cl2Zr-2. The van der Waals surface area contributed by atoms with E-state index in [9.17, 15) is 0 Å². The van der Waals surface area contributed by atoms with Crippen molar-refractivity contribution >= 4 is 3.21 Å². The van der Waals surface area contributed by atoms with E-state index in [2.05, 4.69) is 126 Å². The summed E-state index contributed by atoms with van der Waals surface area (Å²) >= 11 is 1.46. The molecule has 1 aliphatic rings. The van der Waals surface area contributed by atoms with Gasteiger partial charge in [-0.1, -0.05) is 36.2 Å². The van der Waals surface area contributed by atoms with E-state index >= 15 is 0 Å². The Morgan fingerprint density at radius 3 is 1.90 bits per heavy atom. The number of rotatable bonds is 2. The van der Waals surface area contributed by atoms with Gasteiger partial charge in [-0.2, -0.15) is 42.0 Å². The molecule has 5 aromatic rings. The Morgan fingerprint density at radius 2 is 1.32 bits per heavy atom. The minimum atomic E-state index is 0. The van der Waals surface area contributed by atoms with Crippen LogP contribution in [0.15, 0.2) is 115 Å². The van der Waals surface area contributed by atoms with Gasteiger partial charge in [0.2, 0.25) is 0 Å². The van der Waals surface area contributed by atoms with Crippen molar-refractivity contribution in [3.05, 3.63) is 160 Å². The number of aryl methyl sites for hydroxylation is 2. The average molecular weight is 643 g/mol. The summed E-state index contributed by atoms with van der Waals surface area (Å²) in [6.07, 6.45) is 1.05. The van der Waals surface area contributed by atoms with Crippen molar-refractivity contribution in [3.63, 3.8) is 0 Å². The van der Waals surface area contributed by atoms with Crippen molar-refractivity contribution in [2.45, 2.75) is 46.5 Å². The van der Waals surface area contributed by atoms with Crippen LogP contribution in [0.1, 0.15) is 59.7 Å². The smallest absolute Gasteiger partial charge is 0.0253 e. The summed E-state index contributed by atoms with van der Waals surface area (Å²) < 4.78 is 1.42. The average Bonchev–Trinajstić information content (AvgIpc) is 3.60. The van der Waals surface area contributed by atoms with Crippen LogP contribution in [0.25, 0.3) is 11.1 Å². The number of benzene rings is 4. The van der Waals surface area contributed by atoms with Gasteiger partial charge in [0.1, 0.15) is 0 Å². The van der Waals surface area contributed by atoms with E-state index in [1.807, 2.05) is 30.3 Å². The van der Waals surface area contributed by atoms with Gasteiger partial charge in [0.05, 0.1) is 0 Å². The first-order chi connectivity index (χ1) is 18.2. The number of hydrogen-bond donors (Lipinski definition) is 0. The molecule has 0 saturated carbocycles. The zero-order valence-electron chi connectivity index (χ0n) is 23.9. The van der Waals surface area contributed by atoms with Crippen LogP contribution in [-0.4, -0.2) is 3.21 Å². The Balaban J connectivity index is 0.000000230. The molecular weight excluding hydrogens is 607 g/mol. The topological polar surface area (TPSA) is 0 Å². The van der Waals surface area contributed by atoms with E-state index < -0.39 is 0 Å². The second kappa shape index (κ2) is 15.5. The second-order valence-electron chi connectivity index (χ2n) is 10.9. The molecule has 0 heterocycles. The molecule has 0 amide bonds. The van der Waals surface area contributed by atoms with Crippen LogP contribution in [0, 0.1) is 19.9 Å². The van der Waals surface area contributed by atoms with Crippen LogP contribution >= 0.6 is 0 Å². The first-order valence-electron chi connectivity index (χ1n) is 13.3. The number of fused-ring (bicyclic) bond motifs is 3. The molecule has 0 radical (unpaired) electrons. The first-order valence-corrected chi connectivity index (χ1v) is 14.5. The molecule has 1 aliphatic carbocycles. The first kappa shape index (κ1) is 33.8. The third kappa shape index (κ3) is 9.04. The van der Waals surface area contributed by atoms with Gasteiger partial charge in [0.25, 0.3) is 0 Å². The summed E-state index contributed by atoms with van der Waals surface area (Å²) in [6.45, 7) is 11.0. The van der Waals surface area contributed by atoms with E-state index in [1.165, 1.54) is 77.5 Å². The summed E-state index contributed by atoms with van der Waals surface area (Å²) in [7, 11) is 0. The van der Waals surface area contributed by atoms with Crippen molar-refractivity contribution in [3.8, 4) is 11.1 Å². The standard InChI is InChI=1S/C17H18.C15H13.C5H5.2ClH.Zr/c1-17(2,3)16-11-9-15(10-12-16)13-14-7-5-4-6-8-14;1-10-3-5-14-12(7-10)9-13-8-11(2)4-6-15(13)14;1-2-4-5-3-1;;;/h4-12H,1-3H3;3-7H,9H2,1-2H3;1-5H;2*1H;/q;2*-1;;;+2/p-2. The normalized spacial score (nSPS) is 10.8. The SMILES string of the molecule is CC(C)(C)c1ccc([C](=[Zr+2])c2ccccc2)cc1.Cc1[c-]c2c(cc1)-c1ccc(C)cc1C2.[Cl-].[Cl-].c1cc[cH-]c1. The van der Waals surface area contributed by atoms with Gasteiger partial charge < -0.3 is 24.8 Å². The van der Waals surface area contributed by atoms with Crippen molar-refractivity contribution in [2.75, 3.05) is 0 Å². The van der Waals surface area contributed by atoms with Gasteiger partial charge >= 0.3 is 125 Å². The zero-order valence-corrected chi connectivity index (χ0v) is 27.9. The maximum absolute atomic E-state index is 3.45. The van der Waals surface area contributed by atoms with Gasteiger partial charge in [0, 0.05) is 0 Å². The van der Waals surface area contributed by atoms with Gasteiger partial charge in [-0.05, 0) is 18.9 Å². The largest absolute Gasteiger partial charge is 1.00 e. The maximum atomic E-state index is 3.45. The fourth-order valence-corrected chi connectivity index (χ4v) is 5.42. The van der Waals surface area contributed by atoms with E-state index in [4.69, 9.17) is 0 Å². The zero-order chi connectivity index (χ0) is 27.1. The third-order valence-corrected chi connectivity index (χ3v) is 8.17. The van der Waals surface area contributed by atoms with Crippen LogP contribution in [0.4, 0.5) is 0 Å². The Bertz CT molecular complexity index is 1410. The summed E-state index contributed by atoms with van der Waals surface area (Å²) in [5.74, 6) is 0. The molecule has 0 aromatic heterocycles. The van der Waals surface area contributed by atoms with Gasteiger partial charge in [-0.3, -0.25) is 0 Å². The van der Waals surface area contributed by atoms with Gasteiger partial charge in [-0.15, -0.1) is 11.1 Å². The number of halogens is 2. The summed E-state index contributed by atoms with van der Waals surface area (Å²) in [6, 6.07) is 44.2. The number of hydrogen-bond acceptors (Lipinski definition) is 0. The molecule has 0 atom stereocenters. The van der Waals surface area contributed by atoms with Crippen LogP contribution in [0.3, 0.4) is 0 Å². The Labute approximate surface area is 268 Å². The monoisotopic (exact) mass is 640 g/mol. The van der Waals surface area contributed by atoms with E-state index in [0.717, 1.165) is 6.42 Å². The molecule has 0 N–H and O–H groups in total. The minimum Gasteiger partial charge on any atom is -1.00 e. The fraction of sp³-hybridized carbons (Fsp3) is 0.189. The van der Waals surface area contributed by atoms with Gasteiger partial charge in [0.15, 0.2) is 0 Å². The predicted octanol–water partition coefficient (Wildman–Crippen LogP) is 3.19. The molecule has 40 heavy (non-hydrogen) atoms. The summed E-state index contributed by atoms with van der Waals surface area (Å²) in [4.78, 5) is 0. The molecule has 0 fully saturated rings. The Morgan fingerprint density at radius 1 is 0.725 bits per heavy atom. The van der Waals surface area contributed by atoms with E-state index in [1.54, 1.807) is 0 Å². The molecule has 3 heteroatoms. The quantitative estimate of drug-likeness (QED) is 0.255. The van der Waals surface area contributed by atoms with Crippen LogP contribution in [0.5, 0.6) is 0 Å². The second-order valence-corrected chi connectivity index (χ2v) is 12.1. The van der Waals surface area contributed by atoms with Crippen LogP contribution in [-0.2, 0) is 36.1 Å². The van der Waals surface area contributed by atoms with Crippen molar-refractivity contribution in [2.24, 2.45) is 0 Å². The molecule has 0 nitrogen and oxygen atoms in total. The molecule has 6 rings (SSSR count). The molecule has 5 aromatic carbocycles. The van der Waals surface area contributed by atoms with Crippen molar-refractivity contribution in [1.82, 2.24) is 0 Å². The van der Waals surface area contributed by atoms with E-state index in [-0.39, 0.29) is 30.2 Å². The predicted molar refractivity (Wildman–Crippen MR) is 160 cm³/mol. The molecule has 204 valence electrons. The Hall–Kier alpha value is -2.44. The molecule has 0 spiro atoms. The molecule has 0 unspecified atom stereocenters. The summed E-state index contributed by atoms with van der Waals surface area (Å²) in [5.41, 5.74) is 12.4. The van der Waals surface area contributed by atoms with Crippen LogP contribution in [0.2, 0.25) is 0 Å². The molecule has 0 aliphatic heterocycles. The van der Waals surface area contributed by atoms with Crippen molar-refractivity contribution < 1.29 is 49.0 Å². The third-order valence-electron chi connectivity index (χ3n) is 6.75. The van der Waals surface area contributed by atoms with E-state index in [0.29, 0.717) is 0 Å². The Kier molecular flexibility index (Phi) is 13.1. The van der Waals surface area contributed by atoms with Crippen LogP contribution < -0.4 is 24.8 Å². The minimum absolute atomic E-state index is 0. The van der Waals surface area contributed by atoms with Gasteiger partial charge in [-0.25, -0.2) is 12.1 Å². The van der Waals surface area contributed by atoms with Crippen molar-refractivity contribution in [1.29, 1.82) is 0 Å².